The fraction of sp³-hybridized carbons (Fsp3) is 0.375. The van der Waals surface area contributed by atoms with Gasteiger partial charge in [0.05, 0.1) is 4.90 Å². The highest BCUT2D eigenvalue weighted by Gasteiger charge is 2.28. The summed E-state index contributed by atoms with van der Waals surface area (Å²) in [5.41, 5.74) is 0.392. The first-order valence-electron chi connectivity index (χ1n) is 7.74. The van der Waals surface area contributed by atoms with Crippen LogP contribution in [0.25, 0.3) is 0 Å². The minimum atomic E-state index is -3.64. The van der Waals surface area contributed by atoms with Crippen LogP contribution in [-0.4, -0.2) is 38.3 Å². The van der Waals surface area contributed by atoms with E-state index >= 15 is 0 Å². The highest BCUT2D eigenvalue weighted by Crippen LogP contribution is 2.27. The highest BCUT2D eigenvalue weighted by molar-refractivity contribution is 7.89. The number of rotatable bonds is 6. The van der Waals surface area contributed by atoms with Gasteiger partial charge in [-0.05, 0) is 31.9 Å². The SMILES string of the molecule is CC(=O)c1cccc(S(=O)(=O)NC[C@H]2CCCN2c2nccs2)c1. The molecular weight excluding hydrogens is 346 g/mol. The summed E-state index contributed by atoms with van der Waals surface area (Å²) in [6, 6.07) is 6.22. The number of hydrogen-bond donors (Lipinski definition) is 1. The monoisotopic (exact) mass is 365 g/mol. The van der Waals surface area contributed by atoms with Crippen LogP contribution in [0.4, 0.5) is 5.13 Å². The predicted octanol–water partition coefficient (Wildman–Crippen LogP) is 2.29. The largest absolute Gasteiger partial charge is 0.344 e. The van der Waals surface area contributed by atoms with Gasteiger partial charge in [-0.3, -0.25) is 4.79 Å². The van der Waals surface area contributed by atoms with E-state index in [-0.39, 0.29) is 16.7 Å². The van der Waals surface area contributed by atoms with Gasteiger partial charge in [0, 0.05) is 36.3 Å². The summed E-state index contributed by atoms with van der Waals surface area (Å²) in [4.78, 5) is 18.0. The molecule has 8 heteroatoms. The van der Waals surface area contributed by atoms with Crippen LogP contribution in [0.1, 0.15) is 30.1 Å². The first kappa shape index (κ1) is 17.1. The van der Waals surface area contributed by atoms with Crippen LogP contribution in [0, 0.1) is 0 Å². The van der Waals surface area contributed by atoms with E-state index in [1.54, 1.807) is 29.7 Å². The Morgan fingerprint density at radius 3 is 3.00 bits per heavy atom. The molecule has 0 spiro atoms. The van der Waals surface area contributed by atoms with Gasteiger partial charge in [-0.25, -0.2) is 18.1 Å². The van der Waals surface area contributed by atoms with Gasteiger partial charge in [-0.1, -0.05) is 12.1 Å². The van der Waals surface area contributed by atoms with Crippen molar-refractivity contribution in [1.29, 1.82) is 0 Å². The van der Waals surface area contributed by atoms with Crippen LogP contribution in [0.5, 0.6) is 0 Å². The lowest BCUT2D eigenvalue weighted by Gasteiger charge is -2.24. The first-order chi connectivity index (χ1) is 11.5. The van der Waals surface area contributed by atoms with Crippen molar-refractivity contribution in [2.75, 3.05) is 18.0 Å². The Morgan fingerprint density at radius 1 is 1.46 bits per heavy atom. The number of ketones is 1. The number of hydrogen-bond acceptors (Lipinski definition) is 6. The van der Waals surface area contributed by atoms with E-state index in [0.29, 0.717) is 12.1 Å². The number of benzene rings is 1. The lowest BCUT2D eigenvalue weighted by Crippen LogP contribution is -2.40. The van der Waals surface area contributed by atoms with Crippen molar-refractivity contribution in [3.05, 3.63) is 41.4 Å². The van der Waals surface area contributed by atoms with E-state index in [1.807, 2.05) is 5.38 Å². The van der Waals surface area contributed by atoms with E-state index < -0.39 is 10.0 Å². The van der Waals surface area contributed by atoms with Crippen LogP contribution < -0.4 is 9.62 Å². The quantitative estimate of drug-likeness (QED) is 0.795. The zero-order valence-corrected chi connectivity index (χ0v) is 14.9. The fourth-order valence-corrected chi connectivity index (χ4v) is 4.69. The number of anilines is 1. The number of aromatic nitrogens is 1. The fourth-order valence-electron chi connectivity index (χ4n) is 2.83. The van der Waals surface area contributed by atoms with Crippen LogP contribution in [0.3, 0.4) is 0 Å². The summed E-state index contributed by atoms with van der Waals surface area (Å²) < 4.78 is 27.7. The Hall–Kier alpha value is -1.77. The third-order valence-corrected chi connectivity index (χ3v) is 6.33. The molecule has 0 saturated carbocycles. The van der Waals surface area contributed by atoms with Crippen LogP contribution in [0.2, 0.25) is 0 Å². The molecule has 0 aliphatic carbocycles. The molecule has 24 heavy (non-hydrogen) atoms. The average Bonchev–Trinajstić information content (AvgIpc) is 3.24. The zero-order chi connectivity index (χ0) is 17.2. The minimum absolute atomic E-state index is 0.0990. The van der Waals surface area contributed by atoms with Gasteiger partial charge < -0.3 is 4.90 Å². The van der Waals surface area contributed by atoms with E-state index in [0.717, 1.165) is 24.5 Å². The topological polar surface area (TPSA) is 79.4 Å². The Morgan fingerprint density at radius 2 is 2.29 bits per heavy atom. The molecule has 1 aromatic carbocycles. The molecule has 1 N–H and O–H groups in total. The van der Waals surface area contributed by atoms with Crippen molar-refractivity contribution in [3.63, 3.8) is 0 Å². The number of carbonyl (C=O) groups is 1. The number of carbonyl (C=O) groups excluding carboxylic acids is 1. The van der Waals surface area contributed by atoms with Gasteiger partial charge in [0.25, 0.3) is 0 Å². The molecule has 128 valence electrons. The number of thiazole rings is 1. The highest BCUT2D eigenvalue weighted by atomic mass is 32.2. The van der Waals surface area contributed by atoms with Gasteiger partial charge in [0.2, 0.25) is 10.0 Å². The summed E-state index contributed by atoms with van der Waals surface area (Å²) in [6.45, 7) is 2.63. The normalized spacial score (nSPS) is 18.0. The second kappa shape index (κ2) is 7.00. The van der Waals surface area contributed by atoms with Crippen molar-refractivity contribution in [1.82, 2.24) is 9.71 Å². The summed E-state index contributed by atoms with van der Waals surface area (Å²) in [5, 5.41) is 2.84. The molecule has 2 aromatic rings. The third kappa shape index (κ3) is 3.66. The maximum absolute atomic E-state index is 12.5. The Bertz CT molecular complexity index is 819. The lowest BCUT2D eigenvalue weighted by atomic mass is 10.2. The Kier molecular flexibility index (Phi) is 4.98. The van der Waals surface area contributed by atoms with Gasteiger partial charge in [-0.2, -0.15) is 0 Å². The molecule has 2 heterocycles. The molecule has 1 aliphatic rings. The second-order valence-corrected chi connectivity index (χ2v) is 8.38. The number of sulfonamides is 1. The van der Waals surface area contributed by atoms with Gasteiger partial charge >= 0.3 is 0 Å². The summed E-state index contributed by atoms with van der Waals surface area (Å²) in [5.74, 6) is -0.155. The smallest absolute Gasteiger partial charge is 0.240 e. The van der Waals surface area contributed by atoms with Gasteiger partial charge in [-0.15, -0.1) is 11.3 Å². The molecule has 1 aromatic heterocycles. The minimum Gasteiger partial charge on any atom is -0.344 e. The Balaban J connectivity index is 1.71. The van der Waals surface area contributed by atoms with Crippen molar-refractivity contribution in [3.8, 4) is 0 Å². The Labute approximate surface area is 145 Å². The maximum Gasteiger partial charge on any atom is 0.240 e. The summed E-state index contributed by atoms with van der Waals surface area (Å²) in [6.07, 6.45) is 3.70. The molecule has 3 rings (SSSR count). The van der Waals surface area contributed by atoms with Crippen molar-refractivity contribution in [2.45, 2.75) is 30.7 Å². The molecule has 0 unspecified atom stereocenters. The maximum atomic E-state index is 12.5. The summed E-state index contributed by atoms with van der Waals surface area (Å²) in [7, 11) is -3.64. The molecule has 6 nitrogen and oxygen atoms in total. The van der Waals surface area contributed by atoms with Crippen molar-refractivity contribution < 1.29 is 13.2 Å². The molecule has 0 amide bonds. The third-order valence-electron chi connectivity index (χ3n) is 4.10. The molecule has 1 aliphatic heterocycles. The lowest BCUT2D eigenvalue weighted by molar-refractivity contribution is 0.101. The molecule has 1 saturated heterocycles. The van der Waals surface area contributed by atoms with E-state index in [2.05, 4.69) is 14.6 Å². The predicted molar refractivity (Wildman–Crippen MR) is 94.1 cm³/mol. The molecule has 0 bridgehead atoms. The van der Waals surface area contributed by atoms with E-state index in [4.69, 9.17) is 0 Å². The number of nitrogens with zero attached hydrogens (tertiary/aromatic N) is 2. The van der Waals surface area contributed by atoms with Gasteiger partial charge in [0.15, 0.2) is 10.9 Å². The van der Waals surface area contributed by atoms with Crippen molar-refractivity contribution >= 4 is 32.3 Å². The van der Waals surface area contributed by atoms with Crippen molar-refractivity contribution in [2.24, 2.45) is 0 Å². The standard InChI is InChI=1S/C16H19N3O3S2/c1-12(20)13-4-2-6-15(10-13)24(21,22)18-11-14-5-3-8-19(14)16-17-7-9-23-16/h2,4,6-7,9-10,14,18H,3,5,8,11H2,1H3/t14-/m1/s1. The van der Waals surface area contributed by atoms with Crippen LogP contribution in [-0.2, 0) is 10.0 Å². The molecule has 1 fully saturated rings. The average molecular weight is 365 g/mol. The van der Waals surface area contributed by atoms with Gasteiger partial charge in [0.1, 0.15) is 0 Å². The first-order valence-corrected chi connectivity index (χ1v) is 10.1. The van der Waals surface area contributed by atoms with Crippen LogP contribution >= 0.6 is 11.3 Å². The number of nitrogens with one attached hydrogen (secondary N) is 1. The molecule has 1 atom stereocenters. The molecular formula is C16H19N3O3S2. The second-order valence-electron chi connectivity index (χ2n) is 5.74. The molecule has 0 radical (unpaired) electrons. The van der Waals surface area contributed by atoms with E-state index in [1.165, 1.54) is 19.1 Å². The van der Waals surface area contributed by atoms with Crippen LogP contribution in [0.15, 0.2) is 40.7 Å². The zero-order valence-electron chi connectivity index (χ0n) is 13.3. The van der Waals surface area contributed by atoms with E-state index in [9.17, 15) is 13.2 Å². The number of Topliss-reactive ketones (excluding diaryl/α,β-unsaturated/α-hetero) is 1. The summed E-state index contributed by atoms with van der Waals surface area (Å²) >= 11 is 1.56.